The number of urea groups is 1. The third kappa shape index (κ3) is 3.40. The highest BCUT2D eigenvalue weighted by atomic mass is 32.1. The van der Waals surface area contributed by atoms with Crippen LogP contribution >= 0.6 is 22.7 Å². The number of imide groups is 1. The van der Waals surface area contributed by atoms with Gasteiger partial charge in [-0.15, -0.1) is 22.7 Å². The molecule has 1 fully saturated rings. The molecule has 0 radical (unpaired) electrons. The monoisotopic (exact) mass is 388 g/mol. The fourth-order valence-electron chi connectivity index (χ4n) is 2.61. The number of nitrogens with one attached hydrogen (secondary N) is 2. The van der Waals surface area contributed by atoms with Crippen LogP contribution in [0.25, 0.3) is 20.7 Å². The Morgan fingerprint density at radius 1 is 1.35 bits per heavy atom. The van der Waals surface area contributed by atoms with Gasteiger partial charge in [-0.05, 0) is 31.9 Å². The zero-order valence-electron chi connectivity index (χ0n) is 13.9. The SMILES string of the molecule is Cc1ccc(-c2csc3ncn(CC(=O)NC(=O)NC4CC4)c(=O)c23)s1. The summed E-state index contributed by atoms with van der Waals surface area (Å²) in [5.74, 6) is -0.546. The molecule has 3 aromatic heterocycles. The second-order valence-electron chi connectivity index (χ2n) is 6.21. The van der Waals surface area contributed by atoms with E-state index in [-0.39, 0.29) is 18.1 Å². The summed E-state index contributed by atoms with van der Waals surface area (Å²) in [7, 11) is 0. The minimum absolute atomic E-state index is 0.158. The molecule has 0 unspecified atom stereocenters. The van der Waals surface area contributed by atoms with Crippen LogP contribution in [0.1, 0.15) is 17.7 Å². The Kier molecular flexibility index (Phi) is 4.33. The third-order valence-electron chi connectivity index (χ3n) is 4.05. The molecule has 9 heteroatoms. The summed E-state index contributed by atoms with van der Waals surface area (Å²) in [4.78, 5) is 43.6. The number of carbonyl (C=O) groups excluding carboxylic acids is 2. The fraction of sp³-hybridized carbons (Fsp3) is 0.294. The molecule has 0 bridgehead atoms. The molecule has 0 atom stereocenters. The lowest BCUT2D eigenvalue weighted by Crippen LogP contribution is -2.42. The Bertz CT molecular complexity index is 1060. The van der Waals surface area contributed by atoms with Crippen molar-refractivity contribution in [2.24, 2.45) is 0 Å². The van der Waals surface area contributed by atoms with E-state index in [0.717, 1.165) is 28.2 Å². The third-order valence-corrected chi connectivity index (χ3v) is 5.97. The van der Waals surface area contributed by atoms with Gasteiger partial charge in [-0.2, -0.15) is 0 Å². The van der Waals surface area contributed by atoms with Crippen molar-refractivity contribution in [2.45, 2.75) is 32.4 Å². The molecule has 26 heavy (non-hydrogen) atoms. The molecule has 134 valence electrons. The van der Waals surface area contributed by atoms with Crippen molar-refractivity contribution in [3.8, 4) is 10.4 Å². The van der Waals surface area contributed by atoms with Gasteiger partial charge in [0.05, 0.1) is 11.7 Å². The van der Waals surface area contributed by atoms with Crippen LogP contribution in [0.15, 0.2) is 28.6 Å². The van der Waals surface area contributed by atoms with Gasteiger partial charge in [0.15, 0.2) is 0 Å². The van der Waals surface area contributed by atoms with Crippen LogP contribution in [0.2, 0.25) is 0 Å². The molecule has 7 nitrogen and oxygen atoms in total. The standard InChI is InChI=1S/C17H16N4O3S2/c1-9-2-5-12(26-9)11-7-25-15-14(11)16(23)21(8-18-15)6-13(22)20-17(24)19-10-3-4-10/h2,5,7-8,10H,3-4,6H2,1H3,(H2,19,20,22,24). The van der Waals surface area contributed by atoms with Gasteiger partial charge in [0.1, 0.15) is 11.4 Å². The largest absolute Gasteiger partial charge is 0.335 e. The van der Waals surface area contributed by atoms with Crippen LogP contribution in [0.4, 0.5) is 4.79 Å². The summed E-state index contributed by atoms with van der Waals surface area (Å²) >= 11 is 3.01. The van der Waals surface area contributed by atoms with Crippen LogP contribution in [0.3, 0.4) is 0 Å². The van der Waals surface area contributed by atoms with E-state index in [4.69, 9.17) is 0 Å². The highest BCUT2D eigenvalue weighted by Gasteiger charge is 2.24. The van der Waals surface area contributed by atoms with Crippen LogP contribution in [-0.2, 0) is 11.3 Å². The van der Waals surface area contributed by atoms with Crippen LogP contribution in [0, 0.1) is 6.92 Å². The second kappa shape index (κ2) is 6.65. The van der Waals surface area contributed by atoms with Crippen LogP contribution in [-0.4, -0.2) is 27.5 Å². The first-order chi connectivity index (χ1) is 12.5. The van der Waals surface area contributed by atoms with E-state index in [9.17, 15) is 14.4 Å². The minimum atomic E-state index is -0.546. The summed E-state index contributed by atoms with van der Waals surface area (Å²) in [6, 6.07) is 3.62. The molecule has 4 rings (SSSR count). The number of rotatable bonds is 4. The van der Waals surface area contributed by atoms with E-state index in [1.807, 2.05) is 24.4 Å². The van der Waals surface area contributed by atoms with Crippen molar-refractivity contribution in [3.05, 3.63) is 39.1 Å². The van der Waals surface area contributed by atoms with Crippen molar-refractivity contribution in [3.63, 3.8) is 0 Å². The second-order valence-corrected chi connectivity index (χ2v) is 8.36. The van der Waals surface area contributed by atoms with Gasteiger partial charge in [0.25, 0.3) is 5.56 Å². The number of fused-ring (bicyclic) bond motifs is 1. The molecule has 0 aliphatic heterocycles. The maximum atomic E-state index is 12.9. The summed E-state index contributed by atoms with van der Waals surface area (Å²) in [5.41, 5.74) is 0.553. The fourth-order valence-corrected chi connectivity index (χ4v) is 4.47. The smallest absolute Gasteiger partial charge is 0.321 e. The lowest BCUT2D eigenvalue weighted by atomic mass is 10.2. The predicted molar refractivity (Wildman–Crippen MR) is 102 cm³/mol. The number of thiophene rings is 2. The lowest BCUT2D eigenvalue weighted by Gasteiger charge is -2.07. The molecule has 1 saturated carbocycles. The molecule has 3 aromatic rings. The molecule has 1 aliphatic rings. The topological polar surface area (TPSA) is 93.1 Å². The van der Waals surface area contributed by atoms with E-state index in [2.05, 4.69) is 15.6 Å². The summed E-state index contributed by atoms with van der Waals surface area (Å²) in [6.45, 7) is 1.76. The summed E-state index contributed by atoms with van der Waals surface area (Å²) < 4.78 is 1.23. The van der Waals surface area contributed by atoms with E-state index in [1.165, 1.54) is 22.2 Å². The van der Waals surface area contributed by atoms with Crippen molar-refractivity contribution in [1.29, 1.82) is 0 Å². The van der Waals surface area contributed by atoms with E-state index in [0.29, 0.717) is 10.2 Å². The number of nitrogens with zero attached hydrogens (tertiary/aromatic N) is 2. The van der Waals surface area contributed by atoms with E-state index in [1.54, 1.807) is 11.3 Å². The molecule has 0 aromatic carbocycles. The Balaban J connectivity index is 1.59. The van der Waals surface area contributed by atoms with Crippen LogP contribution < -0.4 is 16.2 Å². The normalized spacial score (nSPS) is 13.7. The quantitative estimate of drug-likeness (QED) is 0.718. The molecule has 3 heterocycles. The molecule has 2 N–H and O–H groups in total. The Morgan fingerprint density at radius 3 is 2.85 bits per heavy atom. The van der Waals surface area contributed by atoms with Gasteiger partial charge in [-0.3, -0.25) is 19.5 Å². The summed E-state index contributed by atoms with van der Waals surface area (Å²) in [6.07, 6.45) is 3.22. The van der Waals surface area contributed by atoms with Gasteiger partial charge >= 0.3 is 6.03 Å². The van der Waals surface area contributed by atoms with E-state index < -0.39 is 11.9 Å². The van der Waals surface area contributed by atoms with Gasteiger partial charge < -0.3 is 5.32 Å². The summed E-state index contributed by atoms with van der Waals surface area (Å²) in [5, 5.41) is 7.34. The first-order valence-corrected chi connectivity index (χ1v) is 9.84. The number of aromatic nitrogens is 2. The van der Waals surface area contributed by atoms with Crippen molar-refractivity contribution >= 4 is 44.8 Å². The van der Waals surface area contributed by atoms with Crippen molar-refractivity contribution < 1.29 is 9.59 Å². The molecule has 3 amide bonds. The first-order valence-electron chi connectivity index (χ1n) is 8.15. The van der Waals surface area contributed by atoms with Crippen LogP contribution in [0.5, 0.6) is 0 Å². The maximum Gasteiger partial charge on any atom is 0.321 e. The number of aryl methyl sites for hydroxylation is 1. The Hall–Kier alpha value is -2.52. The average Bonchev–Trinajstić information content (AvgIpc) is 3.12. The predicted octanol–water partition coefficient (Wildman–Crippen LogP) is 2.48. The van der Waals surface area contributed by atoms with Crippen molar-refractivity contribution in [1.82, 2.24) is 20.2 Å². The lowest BCUT2D eigenvalue weighted by molar-refractivity contribution is -0.120. The molecule has 0 saturated heterocycles. The molecule has 1 aliphatic carbocycles. The zero-order chi connectivity index (χ0) is 18.3. The maximum absolute atomic E-state index is 12.9. The number of amides is 3. The van der Waals surface area contributed by atoms with Gasteiger partial charge in [0, 0.05) is 26.7 Å². The number of hydrogen-bond donors (Lipinski definition) is 2. The Morgan fingerprint density at radius 2 is 2.15 bits per heavy atom. The average molecular weight is 388 g/mol. The molecular weight excluding hydrogens is 372 g/mol. The van der Waals surface area contributed by atoms with E-state index >= 15 is 0 Å². The van der Waals surface area contributed by atoms with Gasteiger partial charge in [-0.1, -0.05) is 0 Å². The molecule has 0 spiro atoms. The minimum Gasteiger partial charge on any atom is -0.335 e. The number of hydrogen-bond acceptors (Lipinski definition) is 6. The van der Waals surface area contributed by atoms with Crippen molar-refractivity contribution in [2.75, 3.05) is 0 Å². The number of carbonyl (C=O) groups is 2. The zero-order valence-corrected chi connectivity index (χ0v) is 15.6. The molecular formula is C17H16N4O3S2. The first kappa shape index (κ1) is 16.9. The highest BCUT2D eigenvalue weighted by molar-refractivity contribution is 7.19. The van der Waals surface area contributed by atoms with Gasteiger partial charge in [-0.25, -0.2) is 9.78 Å². The van der Waals surface area contributed by atoms with Gasteiger partial charge in [0.2, 0.25) is 5.91 Å². The highest BCUT2D eigenvalue weighted by Crippen LogP contribution is 2.34. The Labute approximate surface area is 156 Å².